The summed E-state index contributed by atoms with van der Waals surface area (Å²) in [5.41, 5.74) is 3.21. The highest BCUT2D eigenvalue weighted by Crippen LogP contribution is 2.60. The maximum atomic E-state index is 12.3. The number of carbonyl (C=O) groups is 1. The summed E-state index contributed by atoms with van der Waals surface area (Å²) in [7, 11) is 0. The van der Waals surface area contributed by atoms with Crippen LogP contribution in [0.5, 0.6) is 0 Å². The number of hydrogen-bond acceptors (Lipinski definition) is 7. The molecule has 1 aromatic carbocycles. The van der Waals surface area contributed by atoms with E-state index in [0.717, 1.165) is 35.6 Å². The van der Waals surface area contributed by atoms with Gasteiger partial charge in [0.15, 0.2) is 0 Å². The van der Waals surface area contributed by atoms with E-state index in [-0.39, 0.29) is 24.6 Å². The molecule has 1 aliphatic carbocycles. The van der Waals surface area contributed by atoms with E-state index in [1.807, 2.05) is 42.6 Å². The molecule has 1 amide bonds. The number of fused-ring (bicyclic) bond motifs is 1. The van der Waals surface area contributed by atoms with Crippen LogP contribution in [-0.4, -0.2) is 51.8 Å². The Hall–Kier alpha value is -3.48. The van der Waals surface area contributed by atoms with Crippen LogP contribution in [0.25, 0.3) is 11.1 Å². The summed E-state index contributed by atoms with van der Waals surface area (Å²) < 4.78 is 7.12. The van der Waals surface area contributed by atoms with Gasteiger partial charge in [0.25, 0.3) is 0 Å². The van der Waals surface area contributed by atoms with Crippen molar-refractivity contribution >= 4 is 24.2 Å². The minimum Gasteiger partial charge on any atom is -0.442 e. The number of aromatic nitrogens is 4. The van der Waals surface area contributed by atoms with Gasteiger partial charge in [-0.05, 0) is 23.8 Å². The molecule has 1 unspecified atom stereocenters. The Bertz CT molecular complexity index is 1180. The van der Waals surface area contributed by atoms with Gasteiger partial charge in [-0.25, -0.2) is 9.48 Å². The lowest BCUT2D eigenvalue weighted by Crippen LogP contribution is -2.26. The molecule has 6 rings (SSSR count). The SMILES string of the molecule is Cl.N#CC1(c2ccc(-c3ccc(N4C[C@H](Cn5ccnn5)OC4=O)cc3)cn2)[C@@H]2CNC[C@@H]21. The number of rotatable bonds is 5. The number of nitrogens with one attached hydrogen (secondary N) is 1. The molecule has 2 saturated heterocycles. The van der Waals surface area contributed by atoms with Crippen LogP contribution in [0.4, 0.5) is 10.5 Å². The summed E-state index contributed by atoms with van der Waals surface area (Å²) in [6.45, 7) is 2.71. The molecule has 0 spiro atoms. The standard InChI is InChI=1S/C23H21N7O2.ClH/c24-14-23(19-10-25-11-20(19)23)21-6-3-16(9-26-21)15-1-4-17(5-2-15)30-13-18(32-22(30)31)12-29-8-7-27-28-29;/h1-9,18-20,25H,10-13H2;1H/t18-,19-,20+,23?;/m0./s1. The number of hydrogen-bond donors (Lipinski definition) is 1. The van der Waals surface area contributed by atoms with Crippen LogP contribution < -0.4 is 10.2 Å². The van der Waals surface area contributed by atoms with Crippen molar-refractivity contribution in [2.45, 2.75) is 18.1 Å². The monoisotopic (exact) mass is 463 g/mol. The van der Waals surface area contributed by atoms with Crippen LogP contribution in [0.2, 0.25) is 0 Å². The molecule has 33 heavy (non-hydrogen) atoms. The molecule has 1 saturated carbocycles. The fraction of sp³-hybridized carbons (Fsp3) is 0.348. The third-order valence-electron chi connectivity index (χ3n) is 6.90. The van der Waals surface area contributed by atoms with Gasteiger partial charge in [0.05, 0.1) is 31.0 Å². The van der Waals surface area contributed by atoms with Gasteiger partial charge in [-0.3, -0.25) is 9.88 Å². The number of carbonyl (C=O) groups excluding carboxylic acids is 1. The maximum Gasteiger partial charge on any atom is 0.414 e. The number of anilines is 1. The molecule has 4 heterocycles. The summed E-state index contributed by atoms with van der Waals surface area (Å²) in [5, 5.41) is 20.8. The van der Waals surface area contributed by atoms with Gasteiger partial charge in [-0.15, -0.1) is 17.5 Å². The molecule has 3 fully saturated rings. The van der Waals surface area contributed by atoms with Crippen molar-refractivity contribution < 1.29 is 9.53 Å². The number of ether oxygens (including phenoxy) is 1. The normalized spacial score (nSPS) is 27.4. The minimum absolute atomic E-state index is 0. The molecular formula is C23H22ClN7O2. The molecule has 1 N–H and O–H groups in total. The highest BCUT2D eigenvalue weighted by Gasteiger charge is 2.69. The predicted octanol–water partition coefficient (Wildman–Crippen LogP) is 2.40. The average Bonchev–Trinajstić information content (AvgIpc) is 3.35. The third-order valence-corrected chi connectivity index (χ3v) is 6.90. The summed E-state index contributed by atoms with van der Waals surface area (Å²) in [5.74, 6) is 0.748. The molecule has 2 aliphatic heterocycles. The Morgan fingerprint density at radius 2 is 1.91 bits per heavy atom. The van der Waals surface area contributed by atoms with E-state index < -0.39 is 5.41 Å². The zero-order chi connectivity index (χ0) is 21.7. The van der Waals surface area contributed by atoms with Crippen molar-refractivity contribution in [2.24, 2.45) is 11.8 Å². The average molecular weight is 464 g/mol. The minimum atomic E-state index is -0.424. The number of pyridine rings is 1. The second-order valence-corrected chi connectivity index (χ2v) is 8.57. The molecular weight excluding hydrogens is 442 g/mol. The van der Waals surface area contributed by atoms with Crippen molar-refractivity contribution in [1.82, 2.24) is 25.3 Å². The van der Waals surface area contributed by atoms with Crippen LogP contribution in [0.1, 0.15) is 5.69 Å². The number of halogens is 1. The summed E-state index contributed by atoms with van der Waals surface area (Å²) >= 11 is 0. The van der Waals surface area contributed by atoms with Crippen molar-refractivity contribution in [2.75, 3.05) is 24.5 Å². The first-order valence-electron chi connectivity index (χ1n) is 10.7. The Morgan fingerprint density at radius 3 is 2.55 bits per heavy atom. The number of benzene rings is 1. The quantitative estimate of drug-likeness (QED) is 0.618. The van der Waals surface area contributed by atoms with Gasteiger partial charge in [-0.2, -0.15) is 5.26 Å². The van der Waals surface area contributed by atoms with Crippen molar-refractivity contribution in [3.63, 3.8) is 0 Å². The van der Waals surface area contributed by atoms with Gasteiger partial charge in [0, 0.05) is 48.6 Å². The molecule has 4 atom stereocenters. The first-order chi connectivity index (χ1) is 15.7. The first kappa shape index (κ1) is 21.4. The van der Waals surface area contributed by atoms with Crippen molar-refractivity contribution in [3.05, 3.63) is 60.7 Å². The highest BCUT2D eigenvalue weighted by molar-refractivity contribution is 5.90. The number of nitrogens with zero attached hydrogens (tertiary/aromatic N) is 6. The molecule has 0 bridgehead atoms. The summed E-state index contributed by atoms with van der Waals surface area (Å²) in [6.07, 6.45) is 4.55. The molecule has 10 heteroatoms. The van der Waals surface area contributed by atoms with Gasteiger partial charge in [0.2, 0.25) is 0 Å². The van der Waals surface area contributed by atoms with E-state index in [1.165, 1.54) is 0 Å². The Labute approximate surface area is 196 Å². The molecule has 3 aromatic rings. The van der Waals surface area contributed by atoms with Crippen LogP contribution >= 0.6 is 12.4 Å². The van der Waals surface area contributed by atoms with Gasteiger partial charge >= 0.3 is 6.09 Å². The van der Waals surface area contributed by atoms with Gasteiger partial charge < -0.3 is 10.1 Å². The van der Waals surface area contributed by atoms with E-state index in [9.17, 15) is 10.1 Å². The maximum absolute atomic E-state index is 12.3. The van der Waals surface area contributed by atoms with Crippen LogP contribution in [0, 0.1) is 23.2 Å². The van der Waals surface area contributed by atoms with Crippen molar-refractivity contribution in [3.8, 4) is 17.2 Å². The number of cyclic esters (lactones) is 1. The zero-order valence-corrected chi connectivity index (χ0v) is 18.5. The lowest BCUT2D eigenvalue weighted by Gasteiger charge is -2.15. The van der Waals surface area contributed by atoms with Crippen LogP contribution in [0.3, 0.4) is 0 Å². The second kappa shape index (κ2) is 8.14. The smallest absolute Gasteiger partial charge is 0.414 e. The number of piperidine rings is 1. The summed E-state index contributed by atoms with van der Waals surface area (Å²) in [4.78, 5) is 18.6. The van der Waals surface area contributed by atoms with Gasteiger partial charge in [0.1, 0.15) is 11.5 Å². The van der Waals surface area contributed by atoms with E-state index in [4.69, 9.17) is 4.74 Å². The Kier molecular flexibility index (Phi) is 5.27. The highest BCUT2D eigenvalue weighted by atomic mass is 35.5. The Morgan fingerprint density at radius 1 is 1.15 bits per heavy atom. The first-order valence-corrected chi connectivity index (χ1v) is 10.7. The molecule has 3 aliphatic rings. The number of amides is 1. The molecule has 168 valence electrons. The van der Waals surface area contributed by atoms with E-state index in [1.54, 1.807) is 22.0 Å². The lowest BCUT2D eigenvalue weighted by molar-refractivity contribution is 0.129. The molecule has 0 radical (unpaired) electrons. The van der Waals surface area contributed by atoms with Crippen molar-refractivity contribution in [1.29, 1.82) is 5.26 Å². The molecule has 9 nitrogen and oxygen atoms in total. The van der Waals surface area contributed by atoms with E-state index in [0.29, 0.717) is 24.9 Å². The summed E-state index contributed by atoms with van der Waals surface area (Å²) in [6, 6.07) is 14.3. The zero-order valence-electron chi connectivity index (χ0n) is 17.7. The molecule has 2 aromatic heterocycles. The third kappa shape index (κ3) is 3.43. The lowest BCUT2D eigenvalue weighted by atomic mass is 9.96. The Balaban J connectivity index is 0.00000228. The predicted molar refractivity (Wildman–Crippen MR) is 122 cm³/mol. The second-order valence-electron chi connectivity index (χ2n) is 8.57. The van der Waals surface area contributed by atoms with E-state index >= 15 is 0 Å². The van der Waals surface area contributed by atoms with Crippen LogP contribution in [-0.2, 0) is 16.7 Å². The van der Waals surface area contributed by atoms with Gasteiger partial charge in [-0.1, -0.05) is 23.4 Å². The largest absolute Gasteiger partial charge is 0.442 e. The fourth-order valence-electron chi connectivity index (χ4n) is 5.15. The van der Waals surface area contributed by atoms with Crippen LogP contribution in [0.15, 0.2) is 55.0 Å². The van der Waals surface area contributed by atoms with E-state index in [2.05, 4.69) is 26.7 Å². The number of nitriles is 1. The fourth-order valence-corrected chi connectivity index (χ4v) is 5.15. The topological polar surface area (TPSA) is 109 Å².